The molecule has 0 fully saturated rings. The third-order valence-corrected chi connectivity index (χ3v) is 4.37. The Morgan fingerprint density at radius 2 is 2.00 bits per heavy atom. The summed E-state index contributed by atoms with van der Waals surface area (Å²) in [4.78, 5) is 11.6. The first kappa shape index (κ1) is 24.0. The number of hydrogen-bond donors (Lipinski definition) is 2. The predicted octanol–water partition coefficient (Wildman–Crippen LogP) is 5.91. The van der Waals surface area contributed by atoms with Crippen LogP contribution in [0, 0.1) is 5.82 Å². The van der Waals surface area contributed by atoms with E-state index in [1.54, 1.807) is 50.2 Å². The Morgan fingerprint density at radius 1 is 1.29 bits per heavy atom. The highest BCUT2D eigenvalue weighted by Crippen LogP contribution is 2.36. The summed E-state index contributed by atoms with van der Waals surface area (Å²) in [6, 6.07) is 9.55. The van der Waals surface area contributed by atoms with Crippen molar-refractivity contribution in [2.24, 2.45) is 5.73 Å². The third kappa shape index (κ3) is 5.99. The Balaban J connectivity index is 0.00000392. The minimum Gasteiger partial charge on any atom is -0.453 e. The van der Waals surface area contributed by atoms with Gasteiger partial charge in [-0.15, -0.1) is 12.4 Å². The number of amides is 1. The van der Waals surface area contributed by atoms with Crippen molar-refractivity contribution in [1.29, 1.82) is 0 Å². The van der Waals surface area contributed by atoms with E-state index in [-0.39, 0.29) is 23.2 Å². The average Bonchev–Trinajstić information content (AvgIpc) is 2.65. The van der Waals surface area contributed by atoms with Crippen LogP contribution in [0.15, 0.2) is 36.4 Å². The molecule has 2 rings (SSSR count). The first-order valence-electron chi connectivity index (χ1n) is 8.83. The molecule has 154 valence electrons. The molecule has 0 aliphatic carbocycles. The van der Waals surface area contributed by atoms with Gasteiger partial charge in [-0.05, 0) is 44.0 Å². The molecule has 0 aliphatic heterocycles. The summed E-state index contributed by atoms with van der Waals surface area (Å²) in [7, 11) is 0. The van der Waals surface area contributed by atoms with Crippen LogP contribution < -0.4 is 15.8 Å². The molecule has 0 heterocycles. The van der Waals surface area contributed by atoms with E-state index in [1.807, 2.05) is 6.92 Å². The summed E-state index contributed by atoms with van der Waals surface area (Å²) in [6.07, 6.45) is -0.422. The molecule has 5 nitrogen and oxygen atoms in total. The van der Waals surface area contributed by atoms with Crippen LogP contribution in [-0.4, -0.2) is 12.6 Å². The number of nitrogens with one attached hydrogen (secondary N) is 1. The highest BCUT2D eigenvalue weighted by atomic mass is 35.5. The molecule has 28 heavy (non-hydrogen) atoms. The summed E-state index contributed by atoms with van der Waals surface area (Å²) >= 11 is 6.12. The first-order chi connectivity index (χ1) is 12.9. The summed E-state index contributed by atoms with van der Waals surface area (Å²) in [5.74, 6) is -0.275. The summed E-state index contributed by atoms with van der Waals surface area (Å²) < 4.78 is 25.8. The lowest BCUT2D eigenvalue weighted by molar-refractivity contribution is 0.107. The van der Waals surface area contributed by atoms with E-state index in [0.717, 1.165) is 0 Å². The maximum atomic E-state index is 14.8. The minimum atomic E-state index is -0.575. The van der Waals surface area contributed by atoms with Gasteiger partial charge >= 0.3 is 6.09 Å². The highest BCUT2D eigenvalue weighted by molar-refractivity contribution is 6.32. The van der Waals surface area contributed by atoms with E-state index in [2.05, 4.69) is 5.32 Å². The molecule has 2 atom stereocenters. The number of benzene rings is 2. The molecule has 0 bridgehead atoms. The van der Waals surface area contributed by atoms with Gasteiger partial charge < -0.3 is 20.5 Å². The second kappa shape index (κ2) is 11.1. The Kier molecular flexibility index (Phi) is 9.52. The quantitative estimate of drug-likeness (QED) is 0.572. The molecule has 3 N–H and O–H groups in total. The van der Waals surface area contributed by atoms with E-state index < -0.39 is 24.1 Å². The monoisotopic (exact) mass is 430 g/mol. The molecule has 0 aromatic heterocycles. The standard InChI is InChI=1S/C20H24ClFN2O3.ClH/c1-4-17(23)15-9-10-16(21)19(18(15)22)27-14-8-6-7-13(11-14)12(3)26-20(25)24-5-2;/h6-12,17H,4-5,23H2,1-3H3,(H,24,25);1H/t12-,17+;/m1./s1. The summed E-state index contributed by atoms with van der Waals surface area (Å²) in [6.45, 7) is 5.89. The Bertz CT molecular complexity index is 805. The van der Waals surface area contributed by atoms with E-state index >= 15 is 0 Å². The molecule has 8 heteroatoms. The predicted molar refractivity (Wildman–Crippen MR) is 111 cm³/mol. The smallest absolute Gasteiger partial charge is 0.407 e. The number of alkyl carbamates (subject to hydrolysis) is 1. The number of carbonyl (C=O) groups is 1. The second-order valence-corrected chi connectivity index (χ2v) is 6.45. The molecule has 0 saturated heterocycles. The maximum absolute atomic E-state index is 14.8. The molecule has 2 aromatic rings. The Hall–Kier alpha value is -2.02. The zero-order valence-electron chi connectivity index (χ0n) is 16.0. The zero-order valence-corrected chi connectivity index (χ0v) is 17.6. The molecule has 1 amide bonds. The van der Waals surface area contributed by atoms with E-state index in [9.17, 15) is 9.18 Å². The lowest BCUT2D eigenvalue weighted by Crippen LogP contribution is -2.24. The number of hydrogen-bond acceptors (Lipinski definition) is 4. The van der Waals surface area contributed by atoms with Crippen molar-refractivity contribution in [3.05, 3.63) is 58.4 Å². The molecule has 0 aliphatic rings. The molecular weight excluding hydrogens is 406 g/mol. The van der Waals surface area contributed by atoms with Crippen molar-refractivity contribution in [3.8, 4) is 11.5 Å². The molecule has 0 radical (unpaired) electrons. The number of carbonyl (C=O) groups excluding carboxylic acids is 1. The van der Waals surface area contributed by atoms with Gasteiger partial charge in [0.15, 0.2) is 11.6 Å². The van der Waals surface area contributed by atoms with Gasteiger partial charge in [-0.1, -0.05) is 36.7 Å². The highest BCUT2D eigenvalue weighted by Gasteiger charge is 2.19. The van der Waals surface area contributed by atoms with Crippen LogP contribution in [0.1, 0.15) is 50.5 Å². The second-order valence-electron chi connectivity index (χ2n) is 6.05. The van der Waals surface area contributed by atoms with Crippen LogP contribution in [0.4, 0.5) is 9.18 Å². The third-order valence-electron chi connectivity index (χ3n) is 4.07. The average molecular weight is 431 g/mol. The van der Waals surface area contributed by atoms with Crippen molar-refractivity contribution < 1.29 is 18.7 Å². The summed E-state index contributed by atoms with van der Waals surface area (Å²) in [5.41, 5.74) is 7.00. The molecular formula is C20H25Cl2FN2O3. The van der Waals surface area contributed by atoms with E-state index in [0.29, 0.717) is 29.8 Å². The minimum absolute atomic E-state index is 0. The lowest BCUT2D eigenvalue weighted by atomic mass is 10.0. The molecule has 2 aromatic carbocycles. The zero-order chi connectivity index (χ0) is 20.0. The molecule has 0 unspecified atom stereocenters. The van der Waals surface area contributed by atoms with Gasteiger partial charge in [-0.25, -0.2) is 9.18 Å². The van der Waals surface area contributed by atoms with Crippen molar-refractivity contribution >= 4 is 30.1 Å². The fraction of sp³-hybridized carbons (Fsp3) is 0.350. The number of halogens is 3. The van der Waals surface area contributed by atoms with Crippen LogP contribution >= 0.6 is 24.0 Å². The first-order valence-corrected chi connectivity index (χ1v) is 9.20. The van der Waals surface area contributed by atoms with Gasteiger partial charge in [-0.2, -0.15) is 0 Å². The normalized spacial score (nSPS) is 12.5. The fourth-order valence-corrected chi connectivity index (χ4v) is 2.70. The number of nitrogens with two attached hydrogens (primary N) is 1. The SMILES string of the molecule is CCNC(=O)O[C@H](C)c1cccc(Oc2c(Cl)ccc([C@@H](N)CC)c2F)c1.Cl. The summed E-state index contributed by atoms with van der Waals surface area (Å²) in [5, 5.41) is 2.72. The largest absolute Gasteiger partial charge is 0.453 e. The van der Waals surface area contributed by atoms with Crippen molar-refractivity contribution in [1.82, 2.24) is 5.32 Å². The van der Waals surface area contributed by atoms with Crippen LogP contribution in [0.3, 0.4) is 0 Å². The van der Waals surface area contributed by atoms with Crippen LogP contribution in [0.2, 0.25) is 5.02 Å². The number of ether oxygens (including phenoxy) is 2. The van der Waals surface area contributed by atoms with Crippen molar-refractivity contribution in [3.63, 3.8) is 0 Å². The molecule has 0 spiro atoms. The van der Waals surface area contributed by atoms with Crippen molar-refractivity contribution in [2.45, 2.75) is 39.3 Å². The lowest BCUT2D eigenvalue weighted by Gasteiger charge is -2.17. The van der Waals surface area contributed by atoms with Gasteiger partial charge in [-0.3, -0.25) is 0 Å². The van der Waals surface area contributed by atoms with E-state index in [1.165, 1.54) is 0 Å². The van der Waals surface area contributed by atoms with Gasteiger partial charge in [0.05, 0.1) is 5.02 Å². The van der Waals surface area contributed by atoms with Crippen LogP contribution in [0.5, 0.6) is 11.5 Å². The Morgan fingerprint density at radius 3 is 2.64 bits per heavy atom. The molecule has 0 saturated carbocycles. The maximum Gasteiger partial charge on any atom is 0.407 e. The van der Waals surface area contributed by atoms with Gasteiger partial charge in [0.1, 0.15) is 11.9 Å². The van der Waals surface area contributed by atoms with Crippen LogP contribution in [-0.2, 0) is 4.74 Å². The van der Waals surface area contributed by atoms with Gasteiger partial charge in [0.25, 0.3) is 0 Å². The van der Waals surface area contributed by atoms with Gasteiger partial charge in [0.2, 0.25) is 0 Å². The van der Waals surface area contributed by atoms with E-state index in [4.69, 9.17) is 26.8 Å². The Labute approximate surface area is 175 Å². The van der Waals surface area contributed by atoms with Crippen molar-refractivity contribution in [2.75, 3.05) is 6.54 Å². The number of rotatable bonds is 7. The van der Waals surface area contributed by atoms with Crippen LogP contribution in [0.25, 0.3) is 0 Å². The fourth-order valence-electron chi connectivity index (χ4n) is 2.51. The topological polar surface area (TPSA) is 73.6 Å². The van der Waals surface area contributed by atoms with Gasteiger partial charge in [0, 0.05) is 18.2 Å².